The second-order valence-corrected chi connectivity index (χ2v) is 5.86. The highest BCUT2D eigenvalue weighted by atomic mass is 19.1. The number of benzene rings is 1. The molecular weight excluding hydrogens is 305 g/mol. The summed E-state index contributed by atoms with van der Waals surface area (Å²) in [4.78, 5) is 22.9. The van der Waals surface area contributed by atoms with Crippen molar-refractivity contribution in [2.24, 2.45) is 11.8 Å². The zero-order valence-electron chi connectivity index (χ0n) is 12.5. The molecular formula is C16H18FNO5. The number of rotatable bonds is 6. The van der Waals surface area contributed by atoms with Gasteiger partial charge in [-0.1, -0.05) is 0 Å². The number of hydrogen-bond acceptors (Lipinski definition) is 4. The molecule has 0 bridgehead atoms. The third-order valence-electron chi connectivity index (χ3n) is 4.09. The van der Waals surface area contributed by atoms with Crippen LogP contribution in [0.2, 0.25) is 0 Å². The van der Waals surface area contributed by atoms with Gasteiger partial charge in [-0.05, 0) is 31.4 Å². The van der Waals surface area contributed by atoms with Crippen LogP contribution in [0.5, 0.6) is 5.75 Å². The molecule has 2 fully saturated rings. The van der Waals surface area contributed by atoms with Crippen molar-refractivity contribution in [2.75, 3.05) is 18.5 Å². The number of halogens is 1. The predicted molar refractivity (Wildman–Crippen MR) is 78.7 cm³/mol. The molecule has 7 heteroatoms. The van der Waals surface area contributed by atoms with Crippen molar-refractivity contribution < 1.29 is 28.6 Å². The molecule has 0 aromatic heterocycles. The first-order valence-corrected chi connectivity index (χ1v) is 7.62. The van der Waals surface area contributed by atoms with Gasteiger partial charge in [0.25, 0.3) is 0 Å². The van der Waals surface area contributed by atoms with E-state index in [1.54, 1.807) is 0 Å². The van der Waals surface area contributed by atoms with Crippen molar-refractivity contribution in [3.63, 3.8) is 0 Å². The molecule has 23 heavy (non-hydrogen) atoms. The van der Waals surface area contributed by atoms with Gasteiger partial charge in [-0.15, -0.1) is 0 Å². The van der Waals surface area contributed by atoms with E-state index in [0.717, 1.165) is 12.8 Å². The van der Waals surface area contributed by atoms with E-state index in [0.29, 0.717) is 25.4 Å². The van der Waals surface area contributed by atoms with E-state index >= 15 is 0 Å². The van der Waals surface area contributed by atoms with Gasteiger partial charge in [0.2, 0.25) is 5.91 Å². The maximum absolute atomic E-state index is 13.4. The van der Waals surface area contributed by atoms with Crippen LogP contribution in [0.15, 0.2) is 18.2 Å². The van der Waals surface area contributed by atoms with Crippen LogP contribution >= 0.6 is 0 Å². The SMILES string of the molecule is O=C(O)C1CC1C(=O)Nc1cc(F)ccc1OCC1CCCO1. The fraction of sp³-hybridized carbons (Fsp3) is 0.500. The molecule has 3 rings (SSSR count). The zero-order valence-corrected chi connectivity index (χ0v) is 12.5. The minimum absolute atomic E-state index is 0.00317. The van der Waals surface area contributed by atoms with Gasteiger partial charge in [0.15, 0.2) is 0 Å². The molecule has 1 heterocycles. The molecule has 1 aliphatic heterocycles. The molecule has 3 unspecified atom stereocenters. The van der Waals surface area contributed by atoms with Crippen molar-refractivity contribution in [3.8, 4) is 5.75 Å². The van der Waals surface area contributed by atoms with Crippen molar-refractivity contribution in [1.29, 1.82) is 0 Å². The summed E-state index contributed by atoms with van der Waals surface area (Å²) in [6.07, 6.45) is 2.20. The highest BCUT2D eigenvalue weighted by Gasteiger charge is 2.48. The van der Waals surface area contributed by atoms with Crippen molar-refractivity contribution in [1.82, 2.24) is 0 Å². The van der Waals surface area contributed by atoms with Gasteiger partial charge in [-0.25, -0.2) is 4.39 Å². The number of anilines is 1. The van der Waals surface area contributed by atoms with Crippen LogP contribution in [-0.4, -0.2) is 36.3 Å². The van der Waals surface area contributed by atoms with Crippen LogP contribution in [-0.2, 0) is 14.3 Å². The first-order chi connectivity index (χ1) is 11.0. The lowest BCUT2D eigenvalue weighted by atomic mass is 10.2. The van der Waals surface area contributed by atoms with Crippen molar-refractivity contribution in [3.05, 3.63) is 24.0 Å². The molecule has 2 aliphatic rings. The van der Waals surface area contributed by atoms with Crippen LogP contribution < -0.4 is 10.1 Å². The number of ether oxygens (including phenoxy) is 2. The third-order valence-corrected chi connectivity index (χ3v) is 4.09. The topological polar surface area (TPSA) is 84.9 Å². The van der Waals surface area contributed by atoms with Crippen LogP contribution in [0.1, 0.15) is 19.3 Å². The Labute approximate surface area is 132 Å². The summed E-state index contributed by atoms with van der Waals surface area (Å²) >= 11 is 0. The van der Waals surface area contributed by atoms with Crippen molar-refractivity contribution in [2.45, 2.75) is 25.4 Å². The fourth-order valence-electron chi connectivity index (χ4n) is 2.67. The molecule has 1 saturated carbocycles. The number of carboxylic acid groups (broad SMARTS) is 1. The largest absolute Gasteiger partial charge is 0.489 e. The van der Waals surface area contributed by atoms with E-state index in [4.69, 9.17) is 14.6 Å². The number of carbonyl (C=O) groups is 2. The highest BCUT2D eigenvalue weighted by Crippen LogP contribution is 2.40. The Morgan fingerprint density at radius 2 is 2.22 bits per heavy atom. The number of nitrogens with one attached hydrogen (secondary N) is 1. The normalized spacial score (nSPS) is 25.9. The van der Waals surface area contributed by atoms with Crippen LogP contribution in [0.4, 0.5) is 10.1 Å². The molecule has 3 atom stereocenters. The van der Waals surface area contributed by atoms with E-state index < -0.39 is 29.5 Å². The maximum atomic E-state index is 13.4. The molecule has 1 aromatic carbocycles. The Morgan fingerprint density at radius 3 is 2.87 bits per heavy atom. The molecule has 124 valence electrons. The summed E-state index contributed by atoms with van der Waals surface area (Å²) < 4.78 is 24.5. The summed E-state index contributed by atoms with van der Waals surface area (Å²) in [5.74, 6) is -2.79. The van der Waals surface area contributed by atoms with Gasteiger partial charge in [-0.3, -0.25) is 9.59 Å². The van der Waals surface area contributed by atoms with E-state index in [-0.39, 0.29) is 11.8 Å². The maximum Gasteiger partial charge on any atom is 0.307 e. The Morgan fingerprint density at radius 1 is 1.39 bits per heavy atom. The third kappa shape index (κ3) is 3.79. The number of hydrogen-bond donors (Lipinski definition) is 2. The minimum Gasteiger partial charge on any atom is -0.489 e. The standard InChI is InChI=1S/C16H18FNO5/c17-9-3-4-14(23-8-10-2-1-5-22-10)13(6-9)18-15(19)11-7-12(11)16(20)21/h3-4,6,10-12H,1-2,5,7-8H2,(H,18,19)(H,20,21). The minimum atomic E-state index is -0.987. The lowest BCUT2D eigenvalue weighted by molar-refractivity contribution is -0.139. The molecule has 0 spiro atoms. The monoisotopic (exact) mass is 323 g/mol. The second-order valence-electron chi connectivity index (χ2n) is 5.86. The first-order valence-electron chi connectivity index (χ1n) is 7.62. The average molecular weight is 323 g/mol. The molecule has 1 aliphatic carbocycles. The van der Waals surface area contributed by atoms with E-state index in [9.17, 15) is 14.0 Å². The molecule has 1 amide bonds. The average Bonchev–Trinajstić information content (AvgIpc) is 3.16. The smallest absolute Gasteiger partial charge is 0.307 e. The van der Waals surface area contributed by atoms with E-state index in [1.165, 1.54) is 18.2 Å². The van der Waals surface area contributed by atoms with Gasteiger partial charge in [-0.2, -0.15) is 0 Å². The Balaban J connectivity index is 1.64. The summed E-state index contributed by atoms with van der Waals surface area (Å²) in [7, 11) is 0. The number of carboxylic acids is 1. The van der Waals surface area contributed by atoms with Crippen LogP contribution in [0.3, 0.4) is 0 Å². The lowest BCUT2D eigenvalue weighted by Crippen LogP contribution is -2.19. The number of aliphatic carboxylic acids is 1. The van der Waals surface area contributed by atoms with Gasteiger partial charge in [0.05, 0.1) is 23.6 Å². The van der Waals surface area contributed by atoms with Gasteiger partial charge < -0.3 is 19.9 Å². The van der Waals surface area contributed by atoms with Gasteiger partial charge >= 0.3 is 5.97 Å². The van der Waals surface area contributed by atoms with Gasteiger partial charge in [0, 0.05) is 12.7 Å². The van der Waals surface area contributed by atoms with E-state index in [1.807, 2.05) is 0 Å². The molecule has 1 aromatic rings. The fourth-order valence-corrected chi connectivity index (χ4v) is 2.67. The molecule has 0 radical (unpaired) electrons. The number of carbonyl (C=O) groups excluding carboxylic acids is 1. The quantitative estimate of drug-likeness (QED) is 0.837. The van der Waals surface area contributed by atoms with E-state index in [2.05, 4.69) is 5.32 Å². The van der Waals surface area contributed by atoms with Gasteiger partial charge in [0.1, 0.15) is 18.2 Å². The summed E-state index contributed by atoms with van der Waals surface area (Å²) in [5, 5.41) is 11.4. The molecule has 1 saturated heterocycles. The summed E-state index contributed by atoms with van der Waals surface area (Å²) in [5.41, 5.74) is 0.212. The van der Waals surface area contributed by atoms with Crippen molar-refractivity contribution >= 4 is 17.6 Å². The van der Waals surface area contributed by atoms with Crippen LogP contribution in [0, 0.1) is 17.7 Å². The zero-order chi connectivity index (χ0) is 16.4. The first kappa shape index (κ1) is 15.7. The van der Waals surface area contributed by atoms with Crippen LogP contribution in [0.25, 0.3) is 0 Å². The molecule has 6 nitrogen and oxygen atoms in total. The summed E-state index contributed by atoms with van der Waals surface area (Å²) in [6.45, 7) is 1.04. The highest BCUT2D eigenvalue weighted by molar-refractivity contribution is 5.99. The summed E-state index contributed by atoms with van der Waals surface area (Å²) in [6, 6.07) is 3.86. The second kappa shape index (κ2) is 6.54. The molecule has 2 N–H and O–H groups in total. The lowest BCUT2D eigenvalue weighted by Gasteiger charge is -2.15. The Kier molecular flexibility index (Phi) is 4.47. The Hall–Kier alpha value is -2.15. The predicted octanol–water partition coefficient (Wildman–Crippen LogP) is 2.04. The Bertz CT molecular complexity index is 614. The number of amides is 1.